The molecule has 0 unspecified atom stereocenters. The summed E-state index contributed by atoms with van der Waals surface area (Å²) in [4.78, 5) is 48.6. The Bertz CT molecular complexity index is 763. The van der Waals surface area contributed by atoms with Gasteiger partial charge in [0.05, 0.1) is 32.5 Å². The summed E-state index contributed by atoms with van der Waals surface area (Å²) in [6, 6.07) is 2.31. The van der Waals surface area contributed by atoms with Gasteiger partial charge in [0, 0.05) is 5.92 Å². The molecule has 0 saturated carbocycles. The fourth-order valence-electron chi connectivity index (χ4n) is 2.65. The number of carbonyl (C=O) groups excluding carboxylic acids is 4. The summed E-state index contributed by atoms with van der Waals surface area (Å²) in [5.74, 6) is -7.32. The van der Waals surface area contributed by atoms with Crippen LogP contribution in [-0.2, 0) is 34.8 Å². The Balaban J connectivity index is 3.31. The van der Waals surface area contributed by atoms with Crippen molar-refractivity contribution in [2.75, 3.05) is 21.3 Å². The average Bonchev–Trinajstić information content (AvgIpc) is 2.70. The highest BCUT2D eigenvalue weighted by atomic mass is 19.4. The van der Waals surface area contributed by atoms with Crippen molar-refractivity contribution >= 4 is 23.8 Å². The monoisotopic (exact) mass is 419 g/mol. The zero-order valence-electron chi connectivity index (χ0n) is 16.0. The Kier molecular flexibility index (Phi) is 8.16. The maximum Gasteiger partial charge on any atom is 0.417 e. The summed E-state index contributed by atoms with van der Waals surface area (Å²) in [5, 5.41) is 2.11. The molecule has 0 aliphatic carbocycles. The molecule has 0 fully saturated rings. The lowest BCUT2D eigenvalue weighted by Crippen LogP contribution is -2.51. The molecule has 0 radical (unpaired) electrons. The van der Waals surface area contributed by atoms with Crippen molar-refractivity contribution < 1.29 is 46.6 Å². The Hall–Kier alpha value is -3.11. The second-order valence-electron chi connectivity index (χ2n) is 5.90. The van der Waals surface area contributed by atoms with Crippen molar-refractivity contribution in [1.29, 1.82) is 0 Å². The van der Waals surface area contributed by atoms with E-state index in [1.807, 2.05) is 0 Å². The molecule has 1 rings (SSSR count). The number of ether oxygens (including phenoxy) is 3. The van der Waals surface area contributed by atoms with E-state index in [0.717, 1.165) is 33.5 Å². The zero-order valence-corrected chi connectivity index (χ0v) is 16.0. The van der Waals surface area contributed by atoms with Gasteiger partial charge in [0.15, 0.2) is 5.92 Å². The molecular formula is C18H20F3NO7. The molecule has 0 aliphatic rings. The van der Waals surface area contributed by atoms with E-state index in [-0.39, 0.29) is 0 Å². The Morgan fingerprint density at radius 1 is 0.897 bits per heavy atom. The minimum absolute atomic E-state index is 0.706. The first-order valence-electron chi connectivity index (χ1n) is 8.20. The van der Waals surface area contributed by atoms with Gasteiger partial charge in [0.25, 0.3) is 5.91 Å². The molecule has 0 heterocycles. The molecule has 1 amide bonds. The van der Waals surface area contributed by atoms with Gasteiger partial charge in [0.2, 0.25) is 0 Å². The van der Waals surface area contributed by atoms with Crippen molar-refractivity contribution in [1.82, 2.24) is 5.32 Å². The third-order valence-corrected chi connectivity index (χ3v) is 4.18. The third-order valence-electron chi connectivity index (χ3n) is 4.18. The van der Waals surface area contributed by atoms with Crippen molar-refractivity contribution in [3.8, 4) is 0 Å². The first-order chi connectivity index (χ1) is 13.5. The number of hydrogen-bond donors (Lipinski definition) is 1. The molecule has 11 heteroatoms. The van der Waals surface area contributed by atoms with E-state index >= 15 is 0 Å². The van der Waals surface area contributed by atoms with Crippen molar-refractivity contribution in [2.45, 2.75) is 19.1 Å². The molecule has 0 spiro atoms. The normalized spacial score (nSPS) is 13.2. The van der Waals surface area contributed by atoms with Gasteiger partial charge in [-0.1, -0.05) is 19.1 Å². The van der Waals surface area contributed by atoms with Gasteiger partial charge in [-0.15, -0.1) is 0 Å². The molecule has 1 aromatic rings. The summed E-state index contributed by atoms with van der Waals surface area (Å²) >= 11 is 0. The standard InChI is InChI=1S/C18H20F3NO7/c1-9(12(15(24)27-2)16(25)28-3)13(17(26)29-4)22-14(23)10-7-5-6-8-11(10)18(19,20)21/h5-9,12-13H,1-4H3,(H,22,23)/t9-,13-/m0/s1. The molecule has 0 saturated heterocycles. The van der Waals surface area contributed by atoms with Crippen LogP contribution in [0.4, 0.5) is 13.2 Å². The second-order valence-corrected chi connectivity index (χ2v) is 5.90. The molecule has 0 aromatic heterocycles. The second kappa shape index (κ2) is 9.89. The van der Waals surface area contributed by atoms with E-state index in [2.05, 4.69) is 19.5 Å². The number of benzene rings is 1. The van der Waals surface area contributed by atoms with E-state index in [9.17, 15) is 32.3 Å². The van der Waals surface area contributed by atoms with Crippen LogP contribution < -0.4 is 5.32 Å². The predicted octanol–water partition coefficient (Wildman–Crippen LogP) is 1.58. The van der Waals surface area contributed by atoms with Gasteiger partial charge in [-0.3, -0.25) is 14.4 Å². The molecule has 0 aliphatic heterocycles. The number of methoxy groups -OCH3 is 3. The van der Waals surface area contributed by atoms with Gasteiger partial charge < -0.3 is 19.5 Å². The summed E-state index contributed by atoms with van der Waals surface area (Å²) in [6.07, 6.45) is -4.82. The highest BCUT2D eigenvalue weighted by molar-refractivity contribution is 5.99. The summed E-state index contributed by atoms with van der Waals surface area (Å²) in [7, 11) is 2.97. The number of alkyl halides is 3. The van der Waals surface area contributed by atoms with E-state index in [4.69, 9.17) is 0 Å². The quantitative estimate of drug-likeness (QED) is 0.406. The van der Waals surface area contributed by atoms with Crippen LogP contribution in [0.2, 0.25) is 0 Å². The van der Waals surface area contributed by atoms with Crippen molar-refractivity contribution in [3.63, 3.8) is 0 Å². The topological polar surface area (TPSA) is 108 Å². The van der Waals surface area contributed by atoms with Crippen LogP contribution in [-0.4, -0.2) is 51.2 Å². The highest BCUT2D eigenvalue weighted by Gasteiger charge is 2.43. The minimum Gasteiger partial charge on any atom is -0.468 e. The van der Waals surface area contributed by atoms with Gasteiger partial charge in [-0.2, -0.15) is 13.2 Å². The van der Waals surface area contributed by atoms with Crippen LogP contribution >= 0.6 is 0 Å². The lowest BCUT2D eigenvalue weighted by atomic mass is 9.87. The van der Waals surface area contributed by atoms with E-state index < -0.39 is 59.0 Å². The first kappa shape index (κ1) is 23.9. The smallest absolute Gasteiger partial charge is 0.417 e. The van der Waals surface area contributed by atoms with Crippen molar-refractivity contribution in [3.05, 3.63) is 35.4 Å². The van der Waals surface area contributed by atoms with Crippen LogP contribution in [0, 0.1) is 11.8 Å². The van der Waals surface area contributed by atoms with Gasteiger partial charge in [-0.05, 0) is 12.1 Å². The lowest BCUT2D eigenvalue weighted by molar-refractivity contribution is -0.163. The minimum atomic E-state index is -4.82. The Morgan fingerprint density at radius 3 is 1.83 bits per heavy atom. The Morgan fingerprint density at radius 2 is 1.38 bits per heavy atom. The maximum absolute atomic E-state index is 13.2. The van der Waals surface area contributed by atoms with Crippen LogP contribution in [0.5, 0.6) is 0 Å². The van der Waals surface area contributed by atoms with Crippen molar-refractivity contribution in [2.24, 2.45) is 11.8 Å². The maximum atomic E-state index is 13.2. The van der Waals surface area contributed by atoms with E-state index in [0.29, 0.717) is 6.07 Å². The fraction of sp³-hybridized carbons (Fsp3) is 0.444. The number of esters is 3. The largest absolute Gasteiger partial charge is 0.468 e. The average molecular weight is 419 g/mol. The molecule has 1 aromatic carbocycles. The number of carbonyl (C=O) groups is 4. The van der Waals surface area contributed by atoms with Gasteiger partial charge in [-0.25, -0.2) is 4.79 Å². The van der Waals surface area contributed by atoms with Crippen LogP contribution in [0.3, 0.4) is 0 Å². The van der Waals surface area contributed by atoms with E-state index in [1.165, 1.54) is 13.0 Å². The number of nitrogens with one attached hydrogen (secondary N) is 1. The van der Waals surface area contributed by atoms with Gasteiger partial charge >= 0.3 is 24.1 Å². The molecular weight excluding hydrogens is 399 g/mol. The number of hydrogen-bond acceptors (Lipinski definition) is 7. The summed E-state index contributed by atoms with van der Waals surface area (Å²) < 4.78 is 53.1. The summed E-state index contributed by atoms with van der Waals surface area (Å²) in [5.41, 5.74) is -1.96. The molecule has 0 bridgehead atoms. The number of rotatable bonds is 7. The van der Waals surface area contributed by atoms with Crippen LogP contribution in [0.25, 0.3) is 0 Å². The molecule has 29 heavy (non-hydrogen) atoms. The highest BCUT2D eigenvalue weighted by Crippen LogP contribution is 2.32. The van der Waals surface area contributed by atoms with Crippen LogP contribution in [0.15, 0.2) is 24.3 Å². The SMILES string of the molecule is COC(=O)C(C(=O)OC)[C@H](C)[C@H](NC(=O)c1ccccc1C(F)(F)F)C(=O)OC. The Labute approximate surface area is 164 Å². The molecule has 2 atom stereocenters. The predicted molar refractivity (Wildman–Crippen MR) is 91.4 cm³/mol. The van der Waals surface area contributed by atoms with Gasteiger partial charge in [0.1, 0.15) is 6.04 Å². The number of halogens is 3. The third kappa shape index (κ3) is 5.69. The first-order valence-corrected chi connectivity index (χ1v) is 8.20. The molecule has 1 N–H and O–H groups in total. The zero-order chi connectivity index (χ0) is 22.4. The fourth-order valence-corrected chi connectivity index (χ4v) is 2.65. The van der Waals surface area contributed by atoms with E-state index in [1.54, 1.807) is 0 Å². The molecule has 8 nitrogen and oxygen atoms in total. The molecule has 160 valence electrons. The summed E-state index contributed by atoms with van der Waals surface area (Å²) in [6.45, 7) is 1.25. The lowest BCUT2D eigenvalue weighted by Gasteiger charge is -2.27. The van der Waals surface area contributed by atoms with Crippen LogP contribution in [0.1, 0.15) is 22.8 Å². The number of amides is 1.